The molecule has 4 aromatic rings. The molecule has 1 aliphatic heterocycles. The summed E-state index contributed by atoms with van der Waals surface area (Å²) in [6.07, 6.45) is 7.55. The monoisotopic (exact) mass is 456 g/mol. The maximum atomic E-state index is 13.0. The number of nitrogens with one attached hydrogen (secondary N) is 2. The first-order chi connectivity index (χ1) is 16.6. The highest BCUT2D eigenvalue weighted by molar-refractivity contribution is 5.98. The molecule has 0 atom stereocenters. The molecule has 1 aliphatic rings. The van der Waals surface area contributed by atoms with E-state index in [1.165, 1.54) is 0 Å². The normalized spacial score (nSPS) is 14.4. The lowest BCUT2D eigenvalue weighted by Gasteiger charge is -2.24. The van der Waals surface area contributed by atoms with Crippen LogP contribution in [0.3, 0.4) is 0 Å². The first kappa shape index (κ1) is 22.2. The Balaban J connectivity index is 1.35. The quantitative estimate of drug-likeness (QED) is 0.367. The molecule has 8 heteroatoms. The average Bonchev–Trinajstić information content (AvgIpc) is 3.24. The Bertz CT molecular complexity index is 1330. The number of fused-ring (bicyclic) bond motifs is 1. The molecule has 5 rings (SSSR count). The van der Waals surface area contributed by atoms with Crippen molar-refractivity contribution in [3.05, 3.63) is 71.9 Å². The summed E-state index contributed by atoms with van der Waals surface area (Å²) in [6.45, 7) is 1.90. The van der Waals surface area contributed by atoms with Crippen LogP contribution in [-0.2, 0) is 20.1 Å². The third-order valence-corrected chi connectivity index (χ3v) is 6.42. The van der Waals surface area contributed by atoms with Gasteiger partial charge in [-0.25, -0.2) is 4.98 Å². The summed E-state index contributed by atoms with van der Waals surface area (Å²) < 4.78 is 1.68. The van der Waals surface area contributed by atoms with Crippen LogP contribution in [0.5, 0.6) is 0 Å². The number of aliphatic hydroxyl groups excluding tert-OH is 1. The highest BCUT2D eigenvalue weighted by Gasteiger charge is 2.15. The summed E-state index contributed by atoms with van der Waals surface area (Å²) in [5.41, 5.74) is 3.97. The molecule has 3 aromatic heterocycles. The van der Waals surface area contributed by atoms with E-state index in [9.17, 15) is 9.90 Å². The van der Waals surface area contributed by atoms with Crippen molar-refractivity contribution in [1.29, 1.82) is 0 Å². The zero-order valence-electron chi connectivity index (χ0n) is 19.2. The van der Waals surface area contributed by atoms with E-state index in [1.807, 2.05) is 31.3 Å². The average molecular weight is 457 g/mol. The van der Waals surface area contributed by atoms with E-state index in [0.29, 0.717) is 17.3 Å². The first-order valence-electron chi connectivity index (χ1n) is 11.6. The molecule has 0 amide bonds. The maximum absolute atomic E-state index is 13.0. The van der Waals surface area contributed by atoms with Gasteiger partial charge in [-0.2, -0.15) is 5.10 Å². The number of anilines is 1. The minimum absolute atomic E-state index is 0.00796. The third-order valence-electron chi connectivity index (χ3n) is 6.42. The number of aliphatic hydroxyl groups is 1. The molecule has 3 N–H and O–H groups in total. The van der Waals surface area contributed by atoms with Gasteiger partial charge in [-0.1, -0.05) is 12.1 Å². The second-order valence-electron chi connectivity index (χ2n) is 8.72. The van der Waals surface area contributed by atoms with Crippen molar-refractivity contribution < 1.29 is 9.90 Å². The van der Waals surface area contributed by atoms with E-state index in [4.69, 9.17) is 0 Å². The summed E-state index contributed by atoms with van der Waals surface area (Å²) in [7, 11) is 1.82. The van der Waals surface area contributed by atoms with E-state index >= 15 is 0 Å². The van der Waals surface area contributed by atoms with Gasteiger partial charge in [0, 0.05) is 47.7 Å². The molecule has 174 valence electrons. The lowest BCUT2D eigenvalue weighted by molar-refractivity contribution is 0.0992. The highest BCUT2D eigenvalue weighted by Crippen LogP contribution is 2.27. The molecule has 0 saturated carbocycles. The largest absolute Gasteiger partial charge is 0.390 e. The van der Waals surface area contributed by atoms with Gasteiger partial charge in [0.15, 0.2) is 5.78 Å². The van der Waals surface area contributed by atoms with Crippen LogP contribution >= 0.6 is 0 Å². The second-order valence-corrected chi connectivity index (χ2v) is 8.72. The summed E-state index contributed by atoms with van der Waals surface area (Å²) in [6, 6.07) is 12.0. The predicted molar refractivity (Wildman–Crippen MR) is 132 cm³/mol. The topological polar surface area (TPSA) is 105 Å². The Kier molecular flexibility index (Phi) is 6.33. The Morgan fingerprint density at radius 3 is 2.79 bits per heavy atom. The van der Waals surface area contributed by atoms with Crippen molar-refractivity contribution in [1.82, 2.24) is 25.1 Å². The number of Topliss-reactive ketones (excluding diaryl/α,β-unsaturated/α-hetero) is 1. The lowest BCUT2D eigenvalue weighted by Crippen LogP contribution is -2.35. The third kappa shape index (κ3) is 4.69. The number of piperidine rings is 1. The molecule has 4 heterocycles. The van der Waals surface area contributed by atoms with E-state index < -0.39 is 0 Å². The molecule has 34 heavy (non-hydrogen) atoms. The SMILES string of the molecule is Cn1ncc(-c2ccc3cnc(CC(=O)c4ccnc(NC5CCNCC5)c4)cc3c2)c1CO. The summed E-state index contributed by atoms with van der Waals surface area (Å²) >= 11 is 0. The second kappa shape index (κ2) is 9.70. The van der Waals surface area contributed by atoms with E-state index in [-0.39, 0.29) is 18.8 Å². The first-order valence-corrected chi connectivity index (χ1v) is 11.6. The number of aromatic nitrogens is 4. The van der Waals surface area contributed by atoms with Crippen molar-refractivity contribution in [3.8, 4) is 11.1 Å². The van der Waals surface area contributed by atoms with Crippen LogP contribution in [0.4, 0.5) is 5.82 Å². The van der Waals surface area contributed by atoms with Gasteiger partial charge in [0.2, 0.25) is 0 Å². The number of ketones is 1. The van der Waals surface area contributed by atoms with E-state index in [1.54, 1.807) is 29.3 Å². The molecule has 0 bridgehead atoms. The molecule has 0 unspecified atom stereocenters. The van der Waals surface area contributed by atoms with Gasteiger partial charge in [0.25, 0.3) is 0 Å². The number of rotatable bonds is 7. The highest BCUT2D eigenvalue weighted by atomic mass is 16.3. The molecule has 8 nitrogen and oxygen atoms in total. The summed E-state index contributed by atoms with van der Waals surface area (Å²) in [4.78, 5) is 21.9. The van der Waals surface area contributed by atoms with Crippen LogP contribution in [0, 0.1) is 0 Å². The smallest absolute Gasteiger partial charge is 0.169 e. The van der Waals surface area contributed by atoms with E-state index in [2.05, 4.69) is 31.8 Å². The number of hydrogen-bond donors (Lipinski definition) is 3. The number of nitrogens with zero attached hydrogens (tertiary/aromatic N) is 4. The number of benzene rings is 1. The fourth-order valence-corrected chi connectivity index (χ4v) is 4.47. The number of aryl methyl sites for hydroxylation is 1. The van der Waals surface area contributed by atoms with Crippen LogP contribution in [0.25, 0.3) is 21.9 Å². The molecule has 0 radical (unpaired) electrons. The van der Waals surface area contributed by atoms with Crippen molar-refractivity contribution in [2.75, 3.05) is 18.4 Å². The van der Waals surface area contributed by atoms with Crippen LogP contribution in [0.1, 0.15) is 34.6 Å². The number of carbonyl (C=O) groups excluding carboxylic acids is 1. The van der Waals surface area contributed by atoms with Gasteiger partial charge < -0.3 is 15.7 Å². The summed E-state index contributed by atoms with van der Waals surface area (Å²) in [5, 5.41) is 22.8. The fraction of sp³-hybridized carbons (Fsp3) is 0.308. The number of pyridine rings is 2. The molecule has 1 aromatic carbocycles. The van der Waals surface area contributed by atoms with Gasteiger partial charge in [-0.3, -0.25) is 14.5 Å². The molecule has 1 saturated heterocycles. The molecular formula is C26H28N6O2. The van der Waals surface area contributed by atoms with Gasteiger partial charge in [-0.15, -0.1) is 0 Å². The van der Waals surface area contributed by atoms with Crippen molar-refractivity contribution in [2.24, 2.45) is 7.05 Å². The molecule has 0 spiro atoms. The van der Waals surface area contributed by atoms with Gasteiger partial charge in [0.1, 0.15) is 5.82 Å². The maximum Gasteiger partial charge on any atom is 0.169 e. The van der Waals surface area contributed by atoms with Crippen LogP contribution in [0.2, 0.25) is 0 Å². The van der Waals surface area contributed by atoms with Crippen LogP contribution in [-0.4, -0.2) is 49.8 Å². The van der Waals surface area contributed by atoms with Gasteiger partial charge >= 0.3 is 0 Å². The Morgan fingerprint density at radius 1 is 1.12 bits per heavy atom. The van der Waals surface area contributed by atoms with Gasteiger partial charge in [-0.05, 0) is 61.1 Å². The Labute approximate surface area is 198 Å². The molecular weight excluding hydrogens is 428 g/mol. The molecule has 0 aliphatic carbocycles. The van der Waals surface area contributed by atoms with Crippen LogP contribution in [0.15, 0.2) is 55.0 Å². The lowest BCUT2D eigenvalue weighted by atomic mass is 10.0. The van der Waals surface area contributed by atoms with Gasteiger partial charge in [0.05, 0.1) is 24.9 Å². The zero-order chi connectivity index (χ0) is 23.5. The van der Waals surface area contributed by atoms with Crippen LogP contribution < -0.4 is 10.6 Å². The minimum Gasteiger partial charge on any atom is -0.390 e. The van der Waals surface area contributed by atoms with E-state index in [0.717, 1.165) is 59.3 Å². The van der Waals surface area contributed by atoms with Crippen molar-refractivity contribution >= 4 is 22.4 Å². The van der Waals surface area contributed by atoms with Crippen molar-refractivity contribution in [3.63, 3.8) is 0 Å². The van der Waals surface area contributed by atoms with Crippen molar-refractivity contribution in [2.45, 2.75) is 31.9 Å². The zero-order valence-corrected chi connectivity index (χ0v) is 19.2. The number of carbonyl (C=O) groups is 1. The Morgan fingerprint density at radius 2 is 1.97 bits per heavy atom. The standard InChI is InChI=1S/C26H28N6O2/c1-32-24(16-33)23(15-30-32)17-2-3-19-14-29-22(11-20(19)10-17)13-25(34)18-4-9-28-26(12-18)31-21-5-7-27-8-6-21/h2-4,9-12,14-15,21,27,33H,5-8,13,16H2,1H3,(H,28,31). The summed E-state index contributed by atoms with van der Waals surface area (Å²) in [5.74, 6) is 0.749. The fourth-order valence-electron chi connectivity index (χ4n) is 4.47. The Hall–Kier alpha value is -3.62. The molecule has 1 fully saturated rings. The predicted octanol–water partition coefficient (Wildman–Crippen LogP) is 3.11. The minimum atomic E-state index is -0.0830. The number of hydrogen-bond acceptors (Lipinski definition) is 7.